The third kappa shape index (κ3) is 7.46. The van der Waals surface area contributed by atoms with Gasteiger partial charge in [0, 0.05) is 18.5 Å². The Hall–Kier alpha value is -3.55. The van der Waals surface area contributed by atoms with Crippen LogP contribution in [0.2, 0.25) is 0 Å². The van der Waals surface area contributed by atoms with Crippen molar-refractivity contribution in [2.75, 3.05) is 26.1 Å². The van der Waals surface area contributed by atoms with Crippen LogP contribution in [-0.4, -0.2) is 38.9 Å². The lowest BCUT2D eigenvalue weighted by atomic mass is 10.2. The van der Waals surface area contributed by atoms with E-state index in [4.69, 9.17) is 14.2 Å². The van der Waals surface area contributed by atoms with Gasteiger partial charge in [-0.1, -0.05) is 6.92 Å². The summed E-state index contributed by atoms with van der Waals surface area (Å²) >= 11 is 0. The number of ether oxygens (including phenoxy) is 3. The molecule has 8 heteroatoms. The van der Waals surface area contributed by atoms with Crippen molar-refractivity contribution in [1.82, 2.24) is 5.43 Å². The number of methoxy groups -OCH3 is 2. The van der Waals surface area contributed by atoms with E-state index in [9.17, 15) is 9.59 Å². The Bertz CT molecular complexity index is 866. The van der Waals surface area contributed by atoms with Crippen LogP contribution in [0.1, 0.15) is 31.7 Å². The predicted octanol–water partition coefficient (Wildman–Crippen LogP) is 3.36. The summed E-state index contributed by atoms with van der Waals surface area (Å²) in [6.07, 6.45) is 2.47. The van der Waals surface area contributed by atoms with Crippen molar-refractivity contribution in [3.63, 3.8) is 0 Å². The fraction of sp³-hybridized carbons (Fsp3) is 0.318. The van der Waals surface area contributed by atoms with Gasteiger partial charge in [-0.3, -0.25) is 9.59 Å². The van der Waals surface area contributed by atoms with Crippen LogP contribution in [-0.2, 0) is 9.59 Å². The molecule has 0 aliphatic rings. The minimum Gasteiger partial charge on any atom is -0.497 e. The first-order valence-electron chi connectivity index (χ1n) is 9.62. The van der Waals surface area contributed by atoms with Crippen LogP contribution in [0.5, 0.6) is 17.2 Å². The van der Waals surface area contributed by atoms with Crippen molar-refractivity contribution in [3.05, 3.63) is 48.0 Å². The molecule has 30 heavy (non-hydrogen) atoms. The molecule has 0 aliphatic carbocycles. The maximum Gasteiger partial charge on any atom is 0.240 e. The third-order valence-electron chi connectivity index (χ3n) is 4.01. The van der Waals surface area contributed by atoms with Crippen LogP contribution < -0.4 is 25.0 Å². The molecule has 0 spiro atoms. The van der Waals surface area contributed by atoms with E-state index < -0.39 is 0 Å². The standard InChI is InChI=1S/C22H27N3O5/c1-4-13-30-19-10-5-16(14-20(19)29-3)15-23-25-22(27)12-11-21(26)24-17-6-8-18(28-2)9-7-17/h5-10,14-15H,4,11-13H2,1-3H3,(H,24,26)(H,25,27)/b23-15+. The Kier molecular flexibility index (Phi) is 9.18. The van der Waals surface area contributed by atoms with Crippen LogP contribution in [0, 0.1) is 0 Å². The van der Waals surface area contributed by atoms with E-state index in [1.165, 1.54) is 6.21 Å². The smallest absolute Gasteiger partial charge is 0.240 e. The first-order chi connectivity index (χ1) is 14.5. The number of amides is 2. The van der Waals surface area contributed by atoms with Gasteiger partial charge in [0.25, 0.3) is 0 Å². The molecule has 0 saturated carbocycles. The quantitative estimate of drug-likeness (QED) is 0.435. The summed E-state index contributed by atoms with van der Waals surface area (Å²) in [5.74, 6) is 1.33. The van der Waals surface area contributed by atoms with Gasteiger partial charge in [0.05, 0.1) is 27.0 Å². The molecule has 2 rings (SSSR count). The van der Waals surface area contributed by atoms with Crippen LogP contribution in [0.3, 0.4) is 0 Å². The van der Waals surface area contributed by atoms with Crippen molar-refractivity contribution in [2.45, 2.75) is 26.2 Å². The molecule has 2 aromatic carbocycles. The summed E-state index contributed by atoms with van der Waals surface area (Å²) in [5.41, 5.74) is 3.80. The second kappa shape index (κ2) is 12.1. The lowest BCUT2D eigenvalue weighted by Gasteiger charge is -2.10. The average Bonchev–Trinajstić information content (AvgIpc) is 2.77. The van der Waals surface area contributed by atoms with Crippen LogP contribution in [0.25, 0.3) is 0 Å². The molecule has 0 fully saturated rings. The fourth-order valence-electron chi connectivity index (χ4n) is 2.46. The summed E-state index contributed by atoms with van der Waals surface area (Å²) in [7, 11) is 3.13. The first-order valence-corrected chi connectivity index (χ1v) is 9.62. The molecule has 0 aliphatic heterocycles. The molecule has 2 aromatic rings. The monoisotopic (exact) mass is 413 g/mol. The number of carbonyl (C=O) groups excluding carboxylic acids is 2. The molecule has 8 nitrogen and oxygen atoms in total. The molecule has 160 valence electrons. The second-order valence-electron chi connectivity index (χ2n) is 6.33. The van der Waals surface area contributed by atoms with Crippen molar-refractivity contribution in [2.24, 2.45) is 5.10 Å². The molecule has 0 bridgehead atoms. The molecular formula is C22H27N3O5. The average molecular weight is 413 g/mol. The second-order valence-corrected chi connectivity index (χ2v) is 6.33. The highest BCUT2D eigenvalue weighted by Gasteiger charge is 2.08. The SMILES string of the molecule is CCCOc1ccc(/C=N/NC(=O)CCC(=O)Nc2ccc(OC)cc2)cc1OC. The molecule has 0 atom stereocenters. The molecule has 0 unspecified atom stereocenters. The number of nitrogens with zero attached hydrogens (tertiary/aromatic N) is 1. The van der Waals surface area contributed by atoms with Gasteiger partial charge in [0.15, 0.2) is 11.5 Å². The minimum absolute atomic E-state index is 0.0203. The number of nitrogens with one attached hydrogen (secondary N) is 2. The van der Waals surface area contributed by atoms with Crippen molar-refractivity contribution in [3.8, 4) is 17.2 Å². The molecule has 0 heterocycles. The maximum absolute atomic E-state index is 12.0. The maximum atomic E-state index is 12.0. The summed E-state index contributed by atoms with van der Waals surface area (Å²) < 4.78 is 16.0. The Morgan fingerprint density at radius 3 is 2.37 bits per heavy atom. The van der Waals surface area contributed by atoms with Gasteiger partial charge < -0.3 is 19.5 Å². The lowest BCUT2D eigenvalue weighted by Crippen LogP contribution is -2.20. The zero-order valence-electron chi connectivity index (χ0n) is 17.4. The van der Waals surface area contributed by atoms with Gasteiger partial charge in [-0.25, -0.2) is 5.43 Å². The number of anilines is 1. The summed E-state index contributed by atoms with van der Waals surface area (Å²) in [6, 6.07) is 12.3. The van der Waals surface area contributed by atoms with E-state index in [2.05, 4.69) is 15.8 Å². The molecule has 2 N–H and O–H groups in total. The largest absolute Gasteiger partial charge is 0.497 e. The zero-order chi connectivity index (χ0) is 21.8. The van der Waals surface area contributed by atoms with Gasteiger partial charge in [-0.2, -0.15) is 5.10 Å². The highest BCUT2D eigenvalue weighted by Crippen LogP contribution is 2.27. The Balaban J connectivity index is 1.78. The number of hydrogen-bond acceptors (Lipinski definition) is 6. The van der Waals surface area contributed by atoms with E-state index in [-0.39, 0.29) is 24.7 Å². The molecular weight excluding hydrogens is 386 g/mol. The molecule has 0 radical (unpaired) electrons. The van der Waals surface area contributed by atoms with Crippen LogP contribution in [0.15, 0.2) is 47.6 Å². The highest BCUT2D eigenvalue weighted by atomic mass is 16.5. The van der Waals surface area contributed by atoms with E-state index >= 15 is 0 Å². The van der Waals surface area contributed by atoms with Crippen LogP contribution in [0.4, 0.5) is 5.69 Å². The van der Waals surface area contributed by atoms with Gasteiger partial charge >= 0.3 is 0 Å². The van der Waals surface area contributed by atoms with E-state index in [0.29, 0.717) is 29.5 Å². The van der Waals surface area contributed by atoms with E-state index in [1.54, 1.807) is 50.6 Å². The van der Waals surface area contributed by atoms with Crippen LogP contribution >= 0.6 is 0 Å². The number of benzene rings is 2. The van der Waals surface area contributed by atoms with Gasteiger partial charge in [0.1, 0.15) is 5.75 Å². The summed E-state index contributed by atoms with van der Waals surface area (Å²) in [5, 5.41) is 6.65. The summed E-state index contributed by atoms with van der Waals surface area (Å²) in [6.45, 7) is 2.63. The summed E-state index contributed by atoms with van der Waals surface area (Å²) in [4.78, 5) is 23.9. The number of carbonyl (C=O) groups is 2. The van der Waals surface area contributed by atoms with E-state index in [0.717, 1.165) is 12.0 Å². The zero-order valence-corrected chi connectivity index (χ0v) is 17.4. The topological polar surface area (TPSA) is 98.2 Å². The Morgan fingerprint density at radius 2 is 1.70 bits per heavy atom. The first kappa shape index (κ1) is 22.7. The molecule has 0 aromatic heterocycles. The lowest BCUT2D eigenvalue weighted by molar-refractivity contribution is -0.124. The highest BCUT2D eigenvalue weighted by molar-refractivity contribution is 5.93. The normalized spacial score (nSPS) is 10.5. The van der Waals surface area contributed by atoms with E-state index in [1.807, 2.05) is 13.0 Å². The fourth-order valence-corrected chi connectivity index (χ4v) is 2.46. The van der Waals surface area contributed by atoms with Gasteiger partial charge in [0.2, 0.25) is 11.8 Å². The molecule has 0 saturated heterocycles. The van der Waals surface area contributed by atoms with Crippen molar-refractivity contribution >= 4 is 23.7 Å². The van der Waals surface area contributed by atoms with Crippen molar-refractivity contribution in [1.29, 1.82) is 0 Å². The van der Waals surface area contributed by atoms with Gasteiger partial charge in [-0.15, -0.1) is 0 Å². The number of hydrazone groups is 1. The predicted molar refractivity (Wildman–Crippen MR) is 115 cm³/mol. The molecule has 2 amide bonds. The third-order valence-corrected chi connectivity index (χ3v) is 4.01. The minimum atomic E-state index is -0.356. The van der Waals surface area contributed by atoms with Crippen molar-refractivity contribution < 1.29 is 23.8 Å². The number of rotatable bonds is 11. The Labute approximate surface area is 176 Å². The van der Waals surface area contributed by atoms with Gasteiger partial charge in [-0.05, 0) is 54.4 Å². The Morgan fingerprint density at radius 1 is 0.967 bits per heavy atom. The number of hydrogen-bond donors (Lipinski definition) is 2.